The molecule has 1 saturated heterocycles. The van der Waals surface area contributed by atoms with Crippen LogP contribution in [0.25, 0.3) is 0 Å². The van der Waals surface area contributed by atoms with Crippen molar-refractivity contribution in [3.63, 3.8) is 0 Å². The molecule has 0 aromatic rings. The van der Waals surface area contributed by atoms with Crippen molar-refractivity contribution >= 4 is 37.8 Å². The third kappa shape index (κ3) is 2.98. The molecule has 0 radical (unpaired) electrons. The molecule has 0 saturated carbocycles. The molecule has 0 spiro atoms. The predicted octanol–water partition coefficient (Wildman–Crippen LogP) is 2.30. The van der Waals surface area contributed by atoms with Crippen molar-refractivity contribution in [1.29, 1.82) is 0 Å². The Morgan fingerprint density at radius 1 is 1.64 bits per heavy atom. The number of ether oxygens (including phenoxy) is 1. The second-order valence-corrected chi connectivity index (χ2v) is 5.26. The number of carbonyl (C=O) groups is 1. The first-order valence-corrected chi connectivity index (χ1v) is 6.22. The molecule has 3 nitrogen and oxygen atoms in total. The summed E-state index contributed by atoms with van der Waals surface area (Å²) in [5, 5.41) is 3.15. The van der Waals surface area contributed by atoms with Crippen molar-refractivity contribution in [3.8, 4) is 0 Å². The highest BCUT2D eigenvalue weighted by molar-refractivity contribution is 9.12. The zero-order chi connectivity index (χ0) is 10.7. The van der Waals surface area contributed by atoms with Crippen LogP contribution < -0.4 is 5.32 Å². The molecule has 0 aliphatic carbocycles. The summed E-state index contributed by atoms with van der Waals surface area (Å²) in [6.07, 6.45) is 0.894. The largest absolute Gasteiger partial charge is 0.459 e. The van der Waals surface area contributed by atoms with Gasteiger partial charge in [-0.25, -0.2) is 4.79 Å². The highest BCUT2D eigenvalue weighted by Crippen LogP contribution is 2.26. The van der Waals surface area contributed by atoms with Gasteiger partial charge in [-0.05, 0) is 36.2 Å². The van der Waals surface area contributed by atoms with Crippen LogP contribution in [0.3, 0.4) is 0 Å². The number of esters is 1. The van der Waals surface area contributed by atoms with Crippen molar-refractivity contribution in [2.75, 3.05) is 6.54 Å². The molecule has 0 aromatic carbocycles. The van der Waals surface area contributed by atoms with E-state index in [2.05, 4.69) is 37.2 Å². The Balaban J connectivity index is 2.71. The molecular weight excluding hydrogens is 314 g/mol. The lowest BCUT2D eigenvalue weighted by Crippen LogP contribution is -2.17. The molecule has 80 valence electrons. The Bertz CT molecular complexity index is 264. The van der Waals surface area contributed by atoms with Gasteiger partial charge in [0, 0.05) is 12.2 Å². The molecule has 1 atom stereocenters. The minimum Gasteiger partial charge on any atom is -0.459 e. The fourth-order valence-electron chi connectivity index (χ4n) is 1.18. The van der Waals surface area contributed by atoms with E-state index in [-0.39, 0.29) is 16.9 Å². The fraction of sp³-hybridized carbons (Fsp3) is 0.667. The number of rotatable bonds is 2. The molecule has 1 N–H and O–H groups in total. The molecule has 1 aliphatic rings. The van der Waals surface area contributed by atoms with Gasteiger partial charge in [0.05, 0.1) is 10.9 Å². The van der Waals surface area contributed by atoms with E-state index in [1.54, 1.807) is 0 Å². The van der Waals surface area contributed by atoms with Crippen LogP contribution in [0, 0.1) is 0 Å². The second-order valence-electron chi connectivity index (χ2n) is 3.36. The van der Waals surface area contributed by atoms with Crippen LogP contribution in [0.4, 0.5) is 0 Å². The van der Waals surface area contributed by atoms with Crippen molar-refractivity contribution < 1.29 is 9.53 Å². The zero-order valence-electron chi connectivity index (χ0n) is 8.14. The van der Waals surface area contributed by atoms with Crippen LogP contribution >= 0.6 is 31.9 Å². The number of nitrogens with one attached hydrogen (secondary N) is 1. The van der Waals surface area contributed by atoms with E-state index in [1.165, 1.54) is 0 Å². The molecule has 1 rings (SSSR count). The Kier molecular flexibility index (Phi) is 4.44. The molecule has 1 unspecified atom stereocenters. The lowest BCUT2D eigenvalue weighted by molar-refractivity contribution is -0.141. The molecule has 0 aromatic heterocycles. The van der Waals surface area contributed by atoms with Gasteiger partial charge in [0.15, 0.2) is 0 Å². The summed E-state index contributed by atoms with van der Waals surface area (Å²) in [4.78, 5) is 11.7. The van der Waals surface area contributed by atoms with Crippen LogP contribution in [-0.4, -0.2) is 23.4 Å². The van der Waals surface area contributed by atoms with Crippen LogP contribution in [0.1, 0.15) is 20.3 Å². The summed E-state index contributed by atoms with van der Waals surface area (Å²) in [6, 6.07) is 0. The van der Waals surface area contributed by atoms with Gasteiger partial charge in [0.1, 0.15) is 4.48 Å². The minimum absolute atomic E-state index is 0.0918. The van der Waals surface area contributed by atoms with E-state index in [9.17, 15) is 4.79 Å². The topological polar surface area (TPSA) is 38.3 Å². The standard InChI is InChI=1S/C9H13Br2NO2/c1-5(2)14-9(13)7(11)8-6(10)3-4-12-8/h5-6,12H,3-4H2,1-2H3/b8-7+. The summed E-state index contributed by atoms with van der Waals surface area (Å²) >= 11 is 6.73. The number of hydrogen-bond donors (Lipinski definition) is 1. The maximum absolute atomic E-state index is 11.5. The average molecular weight is 327 g/mol. The number of halogens is 2. The summed E-state index contributed by atoms with van der Waals surface area (Å²) in [5.74, 6) is -0.311. The van der Waals surface area contributed by atoms with Crippen molar-refractivity contribution in [2.45, 2.75) is 31.2 Å². The van der Waals surface area contributed by atoms with E-state index in [0.717, 1.165) is 18.7 Å². The molecular formula is C9H13Br2NO2. The van der Waals surface area contributed by atoms with Gasteiger partial charge in [-0.15, -0.1) is 0 Å². The highest BCUT2D eigenvalue weighted by atomic mass is 79.9. The van der Waals surface area contributed by atoms with Gasteiger partial charge < -0.3 is 10.1 Å². The van der Waals surface area contributed by atoms with Crippen LogP contribution in [0.15, 0.2) is 10.2 Å². The number of carbonyl (C=O) groups excluding carboxylic acids is 1. The quantitative estimate of drug-likeness (QED) is 0.481. The van der Waals surface area contributed by atoms with Crippen LogP contribution in [0.5, 0.6) is 0 Å². The number of hydrogen-bond acceptors (Lipinski definition) is 3. The first-order valence-electron chi connectivity index (χ1n) is 4.51. The fourth-order valence-corrected chi connectivity index (χ4v) is 2.62. The summed E-state index contributed by atoms with van der Waals surface area (Å²) in [5.41, 5.74) is 0.885. The molecule has 1 aliphatic heterocycles. The van der Waals surface area contributed by atoms with Gasteiger partial charge >= 0.3 is 5.97 Å². The van der Waals surface area contributed by atoms with Gasteiger partial charge in [-0.2, -0.15) is 0 Å². The summed E-state index contributed by atoms with van der Waals surface area (Å²) < 4.78 is 5.56. The average Bonchev–Trinajstić information content (AvgIpc) is 2.48. The maximum Gasteiger partial charge on any atom is 0.347 e. The van der Waals surface area contributed by atoms with E-state index < -0.39 is 0 Å². The Morgan fingerprint density at radius 2 is 2.29 bits per heavy atom. The third-order valence-corrected chi connectivity index (χ3v) is 3.45. The smallest absolute Gasteiger partial charge is 0.347 e. The molecule has 1 fully saturated rings. The van der Waals surface area contributed by atoms with E-state index in [1.807, 2.05) is 13.8 Å². The van der Waals surface area contributed by atoms with Gasteiger partial charge in [-0.1, -0.05) is 15.9 Å². The summed E-state index contributed by atoms with van der Waals surface area (Å²) in [7, 11) is 0. The SMILES string of the molecule is CC(C)OC(=O)/C(Br)=C1\NCCC1Br. The second kappa shape index (κ2) is 5.16. The van der Waals surface area contributed by atoms with Crippen molar-refractivity contribution in [1.82, 2.24) is 5.32 Å². The number of alkyl halides is 1. The monoisotopic (exact) mass is 325 g/mol. The number of allylic oxidation sites excluding steroid dienone is 1. The Labute approximate surface area is 101 Å². The first-order chi connectivity index (χ1) is 6.52. The van der Waals surface area contributed by atoms with Crippen molar-refractivity contribution in [3.05, 3.63) is 10.2 Å². The molecule has 1 heterocycles. The molecule has 0 amide bonds. The molecule has 0 bridgehead atoms. The lowest BCUT2D eigenvalue weighted by atomic mass is 10.3. The van der Waals surface area contributed by atoms with E-state index in [0.29, 0.717) is 4.48 Å². The van der Waals surface area contributed by atoms with Crippen molar-refractivity contribution in [2.24, 2.45) is 0 Å². The van der Waals surface area contributed by atoms with Crippen LogP contribution in [-0.2, 0) is 9.53 Å². The summed E-state index contributed by atoms with van der Waals surface area (Å²) in [6.45, 7) is 4.54. The van der Waals surface area contributed by atoms with E-state index in [4.69, 9.17) is 4.74 Å². The maximum atomic E-state index is 11.5. The predicted molar refractivity (Wildman–Crippen MR) is 62.5 cm³/mol. The zero-order valence-corrected chi connectivity index (χ0v) is 11.3. The molecule has 14 heavy (non-hydrogen) atoms. The normalized spacial score (nSPS) is 24.8. The van der Waals surface area contributed by atoms with Gasteiger partial charge in [-0.3, -0.25) is 0 Å². The van der Waals surface area contributed by atoms with Gasteiger partial charge in [0.25, 0.3) is 0 Å². The first kappa shape index (κ1) is 12.0. The minimum atomic E-state index is -0.311. The Morgan fingerprint density at radius 3 is 2.71 bits per heavy atom. The van der Waals surface area contributed by atoms with Crippen LogP contribution in [0.2, 0.25) is 0 Å². The van der Waals surface area contributed by atoms with Gasteiger partial charge in [0.2, 0.25) is 0 Å². The van der Waals surface area contributed by atoms with E-state index >= 15 is 0 Å². The molecule has 5 heteroatoms. The Hall–Kier alpha value is -0.0300. The highest BCUT2D eigenvalue weighted by Gasteiger charge is 2.24. The third-order valence-electron chi connectivity index (χ3n) is 1.78. The lowest BCUT2D eigenvalue weighted by Gasteiger charge is -2.10.